The van der Waals surface area contributed by atoms with Crippen LogP contribution in [0, 0.1) is 0 Å². The highest BCUT2D eigenvalue weighted by Crippen LogP contribution is 2.30. The Labute approximate surface area is 81.6 Å². The molecule has 0 aromatic carbocycles. The number of halogens is 3. The molecule has 0 saturated heterocycles. The van der Waals surface area contributed by atoms with E-state index in [9.17, 15) is 13.2 Å². The van der Waals surface area contributed by atoms with E-state index in [0.717, 1.165) is 31.1 Å². The summed E-state index contributed by atoms with van der Waals surface area (Å²) in [5.41, 5.74) is -4.13. The van der Waals surface area contributed by atoms with Gasteiger partial charge in [0.25, 0.3) is 0 Å². The van der Waals surface area contributed by atoms with Gasteiger partial charge in [-0.15, -0.1) is 0 Å². The summed E-state index contributed by atoms with van der Waals surface area (Å²) in [4.78, 5) is 0. The molecule has 0 aromatic heterocycles. The lowest BCUT2D eigenvalue weighted by Crippen LogP contribution is -1.96. The lowest BCUT2D eigenvalue weighted by atomic mass is 10.2. The first-order chi connectivity index (χ1) is 6.06. The third kappa shape index (κ3) is 11.9. The van der Waals surface area contributed by atoms with Crippen molar-refractivity contribution in [3.05, 3.63) is 11.5 Å². The fourth-order valence-electron chi connectivity index (χ4n) is 0.882. The Kier molecular flexibility index (Phi) is 7.23. The van der Waals surface area contributed by atoms with Crippen LogP contribution in [-0.2, 0) is 0 Å². The van der Waals surface area contributed by atoms with Crippen molar-refractivity contribution in [1.82, 2.24) is 0 Å². The largest absolute Gasteiger partial charge is 0.445 e. The summed E-state index contributed by atoms with van der Waals surface area (Å²) in [6.45, 7) is 2.11. The van der Waals surface area contributed by atoms with Gasteiger partial charge < -0.3 is 0 Å². The fourth-order valence-corrected chi connectivity index (χ4v) is 1.27. The Balaban J connectivity index is 3.22. The molecular formula is C9H15F3S. The molecule has 0 aliphatic carbocycles. The Bertz CT molecular complexity index is 140. The molecule has 0 N–H and O–H groups in total. The maximum absolute atomic E-state index is 11.6. The van der Waals surface area contributed by atoms with E-state index in [-0.39, 0.29) is 11.8 Å². The van der Waals surface area contributed by atoms with Crippen molar-refractivity contribution in [3.8, 4) is 0 Å². The van der Waals surface area contributed by atoms with Crippen molar-refractivity contribution < 1.29 is 13.2 Å². The molecular weight excluding hydrogens is 197 g/mol. The van der Waals surface area contributed by atoms with E-state index in [1.165, 1.54) is 6.42 Å². The molecule has 0 aromatic rings. The van der Waals surface area contributed by atoms with Crippen LogP contribution in [0.1, 0.15) is 39.0 Å². The highest BCUT2D eigenvalue weighted by atomic mass is 32.2. The van der Waals surface area contributed by atoms with E-state index < -0.39 is 5.51 Å². The second-order valence-corrected chi connectivity index (χ2v) is 3.76. The van der Waals surface area contributed by atoms with Crippen LogP contribution in [0.3, 0.4) is 0 Å². The van der Waals surface area contributed by atoms with Gasteiger partial charge in [-0.2, -0.15) is 13.2 Å². The minimum atomic E-state index is -4.13. The van der Waals surface area contributed by atoms with Gasteiger partial charge in [0, 0.05) is 0 Å². The Morgan fingerprint density at radius 2 is 1.85 bits per heavy atom. The van der Waals surface area contributed by atoms with Gasteiger partial charge in [0.15, 0.2) is 0 Å². The summed E-state index contributed by atoms with van der Waals surface area (Å²) < 4.78 is 34.8. The highest BCUT2D eigenvalue weighted by molar-refractivity contribution is 8.02. The van der Waals surface area contributed by atoms with Gasteiger partial charge in [0.1, 0.15) is 0 Å². The number of unbranched alkanes of at least 4 members (excludes halogenated alkanes) is 4. The van der Waals surface area contributed by atoms with Gasteiger partial charge >= 0.3 is 5.51 Å². The van der Waals surface area contributed by atoms with Crippen LogP contribution >= 0.6 is 11.8 Å². The topological polar surface area (TPSA) is 0 Å². The summed E-state index contributed by atoms with van der Waals surface area (Å²) in [5, 5.41) is 1.13. The first-order valence-corrected chi connectivity index (χ1v) is 5.34. The molecule has 0 spiro atoms. The number of allylic oxidation sites excluding steroid dienone is 1. The standard InChI is InChI=1S/C9H15F3S/c1-2-3-4-5-6-7-8-13-9(10,11)12/h7-8H,2-6H2,1H3/b8-7+. The van der Waals surface area contributed by atoms with Gasteiger partial charge in [-0.3, -0.25) is 0 Å². The van der Waals surface area contributed by atoms with E-state index in [2.05, 4.69) is 6.92 Å². The maximum atomic E-state index is 11.6. The highest BCUT2D eigenvalue weighted by Gasteiger charge is 2.26. The van der Waals surface area contributed by atoms with E-state index in [0.29, 0.717) is 0 Å². The quantitative estimate of drug-likeness (QED) is 0.574. The second kappa shape index (κ2) is 7.30. The van der Waals surface area contributed by atoms with Crippen molar-refractivity contribution in [1.29, 1.82) is 0 Å². The van der Waals surface area contributed by atoms with Crippen molar-refractivity contribution in [2.24, 2.45) is 0 Å². The van der Waals surface area contributed by atoms with Crippen LogP contribution in [0.2, 0.25) is 0 Å². The van der Waals surface area contributed by atoms with Crippen LogP contribution in [0.4, 0.5) is 13.2 Å². The zero-order valence-electron chi connectivity index (χ0n) is 7.73. The molecule has 0 aliphatic heterocycles. The second-order valence-electron chi connectivity index (χ2n) is 2.78. The first kappa shape index (κ1) is 12.9. The number of thioether (sulfide) groups is 1. The Morgan fingerprint density at radius 3 is 2.38 bits per heavy atom. The molecule has 78 valence electrons. The van der Waals surface area contributed by atoms with E-state index in [1.54, 1.807) is 6.08 Å². The third-order valence-corrected chi connectivity index (χ3v) is 2.12. The molecule has 0 heterocycles. The molecule has 4 heteroatoms. The van der Waals surface area contributed by atoms with Gasteiger partial charge in [0.2, 0.25) is 0 Å². The summed E-state index contributed by atoms with van der Waals surface area (Å²) in [6.07, 6.45) is 6.76. The summed E-state index contributed by atoms with van der Waals surface area (Å²) in [6, 6.07) is 0. The predicted octanol–water partition coefficient (Wildman–Crippen LogP) is 4.72. The van der Waals surface area contributed by atoms with Gasteiger partial charge in [-0.25, -0.2) is 0 Å². The molecule has 0 aliphatic rings. The van der Waals surface area contributed by atoms with Crippen molar-refractivity contribution in [2.75, 3.05) is 0 Å². The van der Waals surface area contributed by atoms with Crippen LogP contribution in [0.5, 0.6) is 0 Å². The van der Waals surface area contributed by atoms with Crippen LogP contribution < -0.4 is 0 Å². The molecule has 0 rings (SSSR count). The normalized spacial score (nSPS) is 12.6. The van der Waals surface area contributed by atoms with E-state index in [1.807, 2.05) is 0 Å². The van der Waals surface area contributed by atoms with Crippen LogP contribution in [-0.4, -0.2) is 5.51 Å². The zero-order chi connectivity index (χ0) is 10.2. The zero-order valence-corrected chi connectivity index (χ0v) is 8.55. The van der Waals surface area contributed by atoms with Crippen LogP contribution in [0.25, 0.3) is 0 Å². The van der Waals surface area contributed by atoms with Crippen molar-refractivity contribution in [2.45, 2.75) is 44.5 Å². The number of alkyl halides is 3. The van der Waals surface area contributed by atoms with E-state index >= 15 is 0 Å². The lowest BCUT2D eigenvalue weighted by Gasteiger charge is -1.99. The van der Waals surface area contributed by atoms with Crippen LogP contribution in [0.15, 0.2) is 11.5 Å². The fraction of sp³-hybridized carbons (Fsp3) is 0.778. The molecule has 0 bridgehead atoms. The monoisotopic (exact) mass is 212 g/mol. The third-order valence-electron chi connectivity index (χ3n) is 1.52. The SMILES string of the molecule is CCCCCC/C=C/SC(F)(F)F. The first-order valence-electron chi connectivity index (χ1n) is 4.46. The summed E-state index contributed by atoms with van der Waals surface area (Å²) >= 11 is -0.0832. The molecule has 13 heavy (non-hydrogen) atoms. The molecule has 0 atom stereocenters. The predicted molar refractivity (Wildman–Crippen MR) is 51.5 cm³/mol. The molecule has 0 saturated carbocycles. The van der Waals surface area contributed by atoms with Crippen molar-refractivity contribution in [3.63, 3.8) is 0 Å². The van der Waals surface area contributed by atoms with Gasteiger partial charge in [-0.1, -0.05) is 32.3 Å². The minimum absolute atomic E-state index is 0.0832. The maximum Gasteiger partial charge on any atom is 0.445 e. The average molecular weight is 212 g/mol. The number of hydrogen-bond donors (Lipinski definition) is 0. The molecule has 0 fully saturated rings. The average Bonchev–Trinajstić information content (AvgIpc) is 2.01. The summed E-state index contributed by atoms with van der Waals surface area (Å²) in [5.74, 6) is 0. The molecule has 0 nitrogen and oxygen atoms in total. The number of rotatable bonds is 6. The van der Waals surface area contributed by atoms with Gasteiger partial charge in [0.05, 0.1) is 0 Å². The van der Waals surface area contributed by atoms with Gasteiger partial charge in [-0.05, 0) is 30.0 Å². The van der Waals surface area contributed by atoms with E-state index in [4.69, 9.17) is 0 Å². The molecule has 0 unspecified atom stereocenters. The smallest absolute Gasteiger partial charge is 0.160 e. The lowest BCUT2D eigenvalue weighted by molar-refractivity contribution is -0.0320. The number of hydrogen-bond acceptors (Lipinski definition) is 1. The summed E-state index contributed by atoms with van der Waals surface area (Å²) in [7, 11) is 0. The van der Waals surface area contributed by atoms with Crippen molar-refractivity contribution >= 4 is 11.8 Å². The molecule has 0 amide bonds. The minimum Gasteiger partial charge on any atom is -0.160 e. The molecule has 0 radical (unpaired) electrons. The Hall–Kier alpha value is -0.120. The Morgan fingerprint density at radius 1 is 1.15 bits per heavy atom.